The van der Waals surface area contributed by atoms with Crippen molar-refractivity contribution >= 4 is 17.8 Å². The lowest BCUT2D eigenvalue weighted by Gasteiger charge is -2.12. The molecule has 0 aromatic heterocycles. The number of Topliss-reactive ketones (excluding diaryl/α,β-unsaturated/α-hetero) is 1. The van der Waals surface area contributed by atoms with Crippen molar-refractivity contribution < 1.29 is 28.5 Å². The Balaban J connectivity index is 1.61. The number of ether oxygens (including phenoxy) is 4. The zero-order valence-electron chi connectivity index (χ0n) is 18.2. The molecule has 0 atom stereocenters. The fourth-order valence-electron chi connectivity index (χ4n) is 3.49. The number of methoxy groups -OCH3 is 2. The molecule has 0 spiro atoms. The predicted molar refractivity (Wildman–Crippen MR) is 120 cm³/mol. The van der Waals surface area contributed by atoms with Crippen LogP contribution in [-0.2, 0) is 0 Å². The van der Waals surface area contributed by atoms with Crippen molar-refractivity contribution in [3.8, 4) is 23.0 Å². The first-order valence-electron chi connectivity index (χ1n) is 10.0. The predicted octanol–water partition coefficient (Wildman–Crippen LogP) is 5.16. The molecule has 6 nitrogen and oxygen atoms in total. The zero-order chi connectivity index (χ0) is 22.8. The van der Waals surface area contributed by atoms with Crippen LogP contribution in [0.5, 0.6) is 23.0 Å². The first kappa shape index (κ1) is 21.2. The van der Waals surface area contributed by atoms with Gasteiger partial charge in [0, 0.05) is 5.56 Å². The summed E-state index contributed by atoms with van der Waals surface area (Å²) in [5.41, 5.74) is 3.25. The van der Waals surface area contributed by atoms with Gasteiger partial charge in [0.05, 0.1) is 25.3 Å². The van der Waals surface area contributed by atoms with Crippen molar-refractivity contribution in [3.63, 3.8) is 0 Å². The third-order valence-electron chi connectivity index (χ3n) is 5.33. The normalized spacial score (nSPS) is 13.5. The molecule has 4 rings (SSSR count). The van der Waals surface area contributed by atoms with Crippen LogP contribution in [-0.4, -0.2) is 26.0 Å². The lowest BCUT2D eigenvalue weighted by Crippen LogP contribution is -2.10. The van der Waals surface area contributed by atoms with Gasteiger partial charge in [-0.2, -0.15) is 0 Å². The van der Waals surface area contributed by atoms with Crippen LogP contribution < -0.4 is 18.9 Å². The minimum atomic E-state index is -0.561. The molecule has 0 amide bonds. The maximum atomic E-state index is 12.8. The molecule has 0 saturated carbocycles. The Hall–Kier alpha value is -4.06. The maximum Gasteiger partial charge on any atom is 0.343 e. The summed E-state index contributed by atoms with van der Waals surface area (Å²) in [7, 11) is 3.01. The van der Waals surface area contributed by atoms with Crippen LogP contribution in [0.3, 0.4) is 0 Å². The molecule has 1 aliphatic rings. The van der Waals surface area contributed by atoms with Crippen molar-refractivity contribution in [1.29, 1.82) is 0 Å². The van der Waals surface area contributed by atoms with E-state index in [-0.39, 0.29) is 11.5 Å². The highest BCUT2D eigenvalue weighted by atomic mass is 16.5. The maximum absolute atomic E-state index is 12.8. The summed E-state index contributed by atoms with van der Waals surface area (Å²) in [6, 6.07) is 15.7. The quantitative estimate of drug-likeness (QED) is 0.316. The molecular formula is C26H22O6. The van der Waals surface area contributed by atoms with Crippen molar-refractivity contribution in [2.45, 2.75) is 13.8 Å². The molecule has 1 aliphatic heterocycles. The summed E-state index contributed by atoms with van der Waals surface area (Å²) in [5.74, 6) is 1.12. The molecule has 162 valence electrons. The molecule has 1 heterocycles. The Morgan fingerprint density at radius 2 is 1.62 bits per heavy atom. The van der Waals surface area contributed by atoms with Gasteiger partial charge in [0.1, 0.15) is 11.5 Å². The van der Waals surface area contributed by atoms with Crippen LogP contribution in [0.15, 0.2) is 60.4 Å². The van der Waals surface area contributed by atoms with Crippen molar-refractivity contribution in [2.75, 3.05) is 14.2 Å². The fourth-order valence-corrected chi connectivity index (χ4v) is 3.49. The molecule has 0 fully saturated rings. The van der Waals surface area contributed by atoms with E-state index < -0.39 is 5.97 Å². The molecule has 32 heavy (non-hydrogen) atoms. The Morgan fingerprint density at radius 3 is 2.34 bits per heavy atom. The Kier molecular flexibility index (Phi) is 5.69. The third kappa shape index (κ3) is 3.83. The summed E-state index contributed by atoms with van der Waals surface area (Å²) in [5, 5.41) is 0. The number of ketones is 1. The van der Waals surface area contributed by atoms with Crippen molar-refractivity contribution in [2.24, 2.45) is 0 Å². The number of esters is 1. The summed E-state index contributed by atoms with van der Waals surface area (Å²) in [6.45, 7) is 3.72. The second-order valence-electron chi connectivity index (χ2n) is 7.32. The Morgan fingerprint density at radius 1 is 0.906 bits per heavy atom. The van der Waals surface area contributed by atoms with Crippen molar-refractivity contribution in [1.82, 2.24) is 0 Å². The van der Waals surface area contributed by atoms with Crippen molar-refractivity contribution in [3.05, 3.63) is 88.2 Å². The molecule has 6 heteroatoms. The van der Waals surface area contributed by atoms with E-state index >= 15 is 0 Å². The van der Waals surface area contributed by atoms with Gasteiger partial charge in [-0.1, -0.05) is 24.3 Å². The minimum absolute atomic E-state index is 0.205. The smallest absolute Gasteiger partial charge is 0.343 e. The minimum Gasteiger partial charge on any atom is -0.493 e. The molecule has 3 aromatic rings. The van der Waals surface area contributed by atoms with Gasteiger partial charge in [0.25, 0.3) is 0 Å². The molecule has 0 aliphatic carbocycles. The lowest BCUT2D eigenvalue weighted by molar-refractivity contribution is 0.0732. The summed E-state index contributed by atoms with van der Waals surface area (Å²) < 4.78 is 21.9. The van der Waals surface area contributed by atoms with Gasteiger partial charge < -0.3 is 18.9 Å². The van der Waals surface area contributed by atoms with E-state index in [4.69, 9.17) is 18.9 Å². The number of fused-ring (bicyclic) bond motifs is 1. The highest BCUT2D eigenvalue weighted by Crippen LogP contribution is 2.39. The Bertz CT molecular complexity index is 1260. The average molecular weight is 430 g/mol. The van der Waals surface area contributed by atoms with Crippen LogP contribution in [0.2, 0.25) is 0 Å². The molecule has 3 aromatic carbocycles. The van der Waals surface area contributed by atoms with E-state index in [0.717, 1.165) is 11.1 Å². The van der Waals surface area contributed by atoms with Gasteiger partial charge in [-0.25, -0.2) is 4.79 Å². The Labute approximate surface area is 186 Å². The number of benzene rings is 3. The van der Waals surface area contributed by atoms with Gasteiger partial charge in [-0.05, 0) is 61.4 Å². The van der Waals surface area contributed by atoms with Crippen LogP contribution in [0.1, 0.15) is 37.4 Å². The van der Waals surface area contributed by atoms with Gasteiger partial charge in [0.15, 0.2) is 17.3 Å². The van der Waals surface area contributed by atoms with E-state index in [1.54, 1.807) is 43.3 Å². The SMILES string of the molecule is COc1ccc(C(=O)Oc2ccc3c(c2C)O/C(=C\c2ccccc2C)C3=O)cc1OC. The first-order chi connectivity index (χ1) is 15.4. The first-order valence-corrected chi connectivity index (χ1v) is 10.0. The standard InChI is InChI=1S/C26H22O6/c1-15-7-5-6-8-17(15)13-23-24(27)19-10-12-20(16(2)25(19)31-23)32-26(28)18-9-11-21(29-3)22(14-18)30-4/h5-14H,1-4H3/b23-13-. The molecule has 0 unspecified atom stereocenters. The molecular weight excluding hydrogens is 408 g/mol. The summed E-state index contributed by atoms with van der Waals surface area (Å²) >= 11 is 0. The molecule has 0 saturated heterocycles. The molecule has 0 bridgehead atoms. The van der Waals surface area contributed by atoms with Crippen LogP contribution in [0, 0.1) is 13.8 Å². The average Bonchev–Trinajstić information content (AvgIpc) is 3.12. The lowest BCUT2D eigenvalue weighted by atomic mass is 10.0. The van der Waals surface area contributed by atoms with E-state index in [2.05, 4.69) is 0 Å². The van der Waals surface area contributed by atoms with E-state index in [1.807, 2.05) is 31.2 Å². The van der Waals surface area contributed by atoms with Gasteiger partial charge in [-0.3, -0.25) is 4.79 Å². The summed E-state index contributed by atoms with van der Waals surface area (Å²) in [6.07, 6.45) is 1.73. The monoisotopic (exact) mass is 430 g/mol. The van der Waals surface area contributed by atoms with E-state index in [1.165, 1.54) is 14.2 Å². The largest absolute Gasteiger partial charge is 0.493 e. The van der Waals surface area contributed by atoms with Crippen LogP contribution in [0.25, 0.3) is 6.08 Å². The molecule has 0 N–H and O–H groups in total. The topological polar surface area (TPSA) is 71.1 Å². The number of rotatable bonds is 5. The zero-order valence-corrected chi connectivity index (χ0v) is 18.2. The number of aryl methyl sites for hydroxylation is 1. The highest BCUT2D eigenvalue weighted by Gasteiger charge is 2.30. The number of hydrogen-bond acceptors (Lipinski definition) is 6. The van der Waals surface area contributed by atoms with Crippen LogP contribution >= 0.6 is 0 Å². The second kappa shape index (κ2) is 8.59. The summed E-state index contributed by atoms with van der Waals surface area (Å²) in [4.78, 5) is 25.5. The molecule has 0 radical (unpaired) electrons. The van der Waals surface area contributed by atoms with E-state index in [0.29, 0.717) is 39.7 Å². The fraction of sp³-hybridized carbons (Fsp3) is 0.154. The number of allylic oxidation sites excluding steroid dienone is 1. The van der Waals surface area contributed by atoms with E-state index in [9.17, 15) is 9.59 Å². The second-order valence-corrected chi connectivity index (χ2v) is 7.32. The van der Waals surface area contributed by atoms with Crippen LogP contribution in [0.4, 0.5) is 0 Å². The van der Waals surface area contributed by atoms with Gasteiger partial charge in [-0.15, -0.1) is 0 Å². The third-order valence-corrected chi connectivity index (χ3v) is 5.33. The highest BCUT2D eigenvalue weighted by molar-refractivity contribution is 6.15. The number of carbonyl (C=O) groups excluding carboxylic acids is 2. The van der Waals surface area contributed by atoms with Gasteiger partial charge >= 0.3 is 5.97 Å². The number of hydrogen-bond donors (Lipinski definition) is 0. The number of carbonyl (C=O) groups is 2. The van der Waals surface area contributed by atoms with Gasteiger partial charge in [0.2, 0.25) is 5.78 Å².